The van der Waals surface area contributed by atoms with Crippen LogP contribution >= 0.6 is 0 Å². The molecule has 0 amide bonds. The van der Waals surface area contributed by atoms with Gasteiger partial charge in [0.15, 0.2) is 0 Å². The van der Waals surface area contributed by atoms with Gasteiger partial charge in [0.2, 0.25) is 0 Å². The van der Waals surface area contributed by atoms with E-state index in [1.54, 1.807) is 0 Å². The quantitative estimate of drug-likeness (QED) is 0.815. The third-order valence-corrected chi connectivity index (χ3v) is 3.31. The monoisotopic (exact) mass is 232 g/mol. The van der Waals surface area contributed by atoms with E-state index in [0.29, 0.717) is 6.54 Å². The predicted molar refractivity (Wildman–Crippen MR) is 64.7 cm³/mol. The SMILES string of the molecule is Cc1[nH+]c(NCCO)c(C#N)c2c1CCCC2. The van der Waals surface area contributed by atoms with E-state index in [1.165, 1.54) is 17.5 Å². The first kappa shape index (κ1) is 11.9. The second-order valence-corrected chi connectivity index (χ2v) is 4.43. The fourth-order valence-corrected chi connectivity index (χ4v) is 2.51. The van der Waals surface area contributed by atoms with E-state index >= 15 is 0 Å². The normalized spacial score (nSPS) is 13.9. The van der Waals surface area contributed by atoms with Crippen molar-refractivity contribution in [2.75, 3.05) is 18.5 Å². The minimum Gasteiger partial charge on any atom is -0.392 e. The summed E-state index contributed by atoms with van der Waals surface area (Å²) in [5, 5.41) is 21.2. The van der Waals surface area contributed by atoms with Crippen LogP contribution in [0.5, 0.6) is 0 Å². The van der Waals surface area contributed by atoms with Gasteiger partial charge in [-0.1, -0.05) is 0 Å². The molecule has 3 N–H and O–H groups in total. The number of pyridine rings is 1. The Hall–Kier alpha value is -1.60. The Morgan fingerprint density at radius 2 is 2.06 bits per heavy atom. The van der Waals surface area contributed by atoms with Crippen molar-refractivity contribution < 1.29 is 10.1 Å². The van der Waals surface area contributed by atoms with E-state index in [0.717, 1.165) is 36.3 Å². The summed E-state index contributed by atoms with van der Waals surface area (Å²) < 4.78 is 0. The lowest BCUT2D eigenvalue weighted by Crippen LogP contribution is -2.25. The van der Waals surface area contributed by atoms with Crippen LogP contribution < -0.4 is 10.3 Å². The van der Waals surface area contributed by atoms with E-state index < -0.39 is 0 Å². The standard InChI is InChI=1S/C13H17N3O/c1-9-10-4-2-3-5-11(10)12(8-14)13(16-9)15-6-7-17/h17H,2-7H2,1H3,(H,15,16)/p+1. The van der Waals surface area contributed by atoms with E-state index in [-0.39, 0.29) is 6.61 Å². The van der Waals surface area contributed by atoms with Crippen molar-refractivity contribution in [3.63, 3.8) is 0 Å². The van der Waals surface area contributed by atoms with Crippen LogP contribution in [0, 0.1) is 18.3 Å². The highest BCUT2D eigenvalue weighted by atomic mass is 16.3. The molecule has 4 nitrogen and oxygen atoms in total. The summed E-state index contributed by atoms with van der Waals surface area (Å²) in [6, 6.07) is 2.28. The van der Waals surface area contributed by atoms with Gasteiger partial charge in [-0.05, 0) is 43.7 Å². The summed E-state index contributed by atoms with van der Waals surface area (Å²) in [6.45, 7) is 2.58. The van der Waals surface area contributed by atoms with Gasteiger partial charge in [-0.25, -0.2) is 4.98 Å². The minimum atomic E-state index is 0.0643. The van der Waals surface area contributed by atoms with Gasteiger partial charge in [-0.2, -0.15) is 5.26 Å². The lowest BCUT2D eigenvalue weighted by Gasteiger charge is -2.18. The second-order valence-electron chi connectivity index (χ2n) is 4.43. The number of H-pyrrole nitrogens is 1. The zero-order valence-electron chi connectivity index (χ0n) is 10.1. The molecule has 0 radical (unpaired) electrons. The molecule has 0 aromatic carbocycles. The summed E-state index contributed by atoms with van der Waals surface area (Å²) >= 11 is 0. The number of aryl methyl sites for hydroxylation is 1. The van der Waals surface area contributed by atoms with E-state index in [2.05, 4.69) is 23.3 Å². The van der Waals surface area contributed by atoms with Gasteiger partial charge in [0, 0.05) is 0 Å². The van der Waals surface area contributed by atoms with Crippen molar-refractivity contribution in [1.29, 1.82) is 5.26 Å². The van der Waals surface area contributed by atoms with Gasteiger partial charge in [0.25, 0.3) is 5.82 Å². The molecule has 1 aliphatic rings. The molecule has 90 valence electrons. The number of rotatable bonds is 3. The van der Waals surface area contributed by atoms with Crippen molar-refractivity contribution in [2.45, 2.75) is 32.6 Å². The van der Waals surface area contributed by atoms with Gasteiger partial charge in [-0.3, -0.25) is 5.32 Å². The maximum Gasteiger partial charge on any atom is 0.290 e. The van der Waals surface area contributed by atoms with Crippen molar-refractivity contribution in [3.05, 3.63) is 22.4 Å². The number of aromatic nitrogens is 1. The predicted octanol–water partition coefficient (Wildman–Crippen LogP) is 0.964. The van der Waals surface area contributed by atoms with Crippen LogP contribution in [0.2, 0.25) is 0 Å². The molecule has 0 aliphatic heterocycles. The Balaban J connectivity index is 2.47. The number of nitrogens with one attached hydrogen (secondary N) is 2. The number of aliphatic hydroxyl groups excluding tert-OH is 1. The number of anilines is 1. The van der Waals surface area contributed by atoms with Crippen molar-refractivity contribution in [2.24, 2.45) is 0 Å². The summed E-state index contributed by atoms with van der Waals surface area (Å²) in [5.74, 6) is 0.750. The third-order valence-electron chi connectivity index (χ3n) is 3.31. The molecule has 2 rings (SSSR count). The van der Waals surface area contributed by atoms with E-state index in [9.17, 15) is 5.26 Å². The minimum absolute atomic E-state index is 0.0643. The van der Waals surface area contributed by atoms with Crippen LogP contribution in [0.1, 0.15) is 35.2 Å². The van der Waals surface area contributed by atoms with Crippen LogP contribution in [-0.2, 0) is 12.8 Å². The molecule has 17 heavy (non-hydrogen) atoms. The highest BCUT2D eigenvalue weighted by Gasteiger charge is 2.23. The Morgan fingerprint density at radius 3 is 2.71 bits per heavy atom. The lowest BCUT2D eigenvalue weighted by atomic mass is 9.88. The van der Waals surface area contributed by atoms with Crippen LogP contribution in [0.3, 0.4) is 0 Å². The summed E-state index contributed by atoms with van der Waals surface area (Å²) in [4.78, 5) is 3.25. The molecule has 1 aromatic heterocycles. The molecule has 0 fully saturated rings. The number of nitriles is 1. The Kier molecular flexibility index (Phi) is 3.60. The lowest BCUT2D eigenvalue weighted by molar-refractivity contribution is -0.372. The zero-order chi connectivity index (χ0) is 12.3. The number of hydrogen-bond donors (Lipinski definition) is 2. The van der Waals surface area contributed by atoms with Gasteiger partial charge in [0.05, 0.1) is 6.61 Å². The largest absolute Gasteiger partial charge is 0.392 e. The zero-order valence-corrected chi connectivity index (χ0v) is 10.1. The highest BCUT2D eigenvalue weighted by molar-refractivity contribution is 5.56. The average Bonchev–Trinajstić information content (AvgIpc) is 2.36. The molecule has 0 atom stereocenters. The molecule has 4 heteroatoms. The third kappa shape index (κ3) is 2.25. The molecule has 0 saturated heterocycles. The molecule has 0 saturated carbocycles. The summed E-state index contributed by atoms with van der Waals surface area (Å²) in [6.07, 6.45) is 4.41. The highest BCUT2D eigenvalue weighted by Crippen LogP contribution is 2.27. The van der Waals surface area contributed by atoms with E-state index in [1.807, 2.05) is 0 Å². The van der Waals surface area contributed by atoms with Crippen LogP contribution in [0.4, 0.5) is 5.82 Å². The Labute approximate surface area is 101 Å². The maximum atomic E-state index is 9.29. The first-order chi connectivity index (χ1) is 8.27. The molecule has 0 unspecified atom stereocenters. The van der Waals surface area contributed by atoms with Crippen molar-refractivity contribution >= 4 is 5.82 Å². The Bertz CT molecular complexity index is 463. The molecule has 1 aromatic rings. The van der Waals surface area contributed by atoms with Crippen LogP contribution in [0.25, 0.3) is 0 Å². The van der Waals surface area contributed by atoms with Gasteiger partial charge >= 0.3 is 0 Å². The first-order valence-electron chi connectivity index (χ1n) is 6.10. The number of aromatic amines is 1. The number of aliphatic hydroxyl groups is 1. The molecular formula is C13H18N3O+. The van der Waals surface area contributed by atoms with Gasteiger partial charge < -0.3 is 5.11 Å². The summed E-state index contributed by atoms with van der Waals surface area (Å²) in [5.41, 5.74) is 4.36. The smallest absolute Gasteiger partial charge is 0.290 e. The molecule has 1 heterocycles. The topological polar surface area (TPSA) is 70.2 Å². The van der Waals surface area contributed by atoms with Crippen molar-refractivity contribution in [1.82, 2.24) is 0 Å². The molecule has 0 spiro atoms. The molecule has 1 aliphatic carbocycles. The number of fused-ring (bicyclic) bond motifs is 1. The maximum absolute atomic E-state index is 9.29. The number of hydrogen-bond acceptors (Lipinski definition) is 3. The van der Waals surface area contributed by atoms with Gasteiger partial charge in [-0.15, -0.1) is 0 Å². The first-order valence-corrected chi connectivity index (χ1v) is 6.10. The Morgan fingerprint density at radius 1 is 1.35 bits per heavy atom. The molecular weight excluding hydrogens is 214 g/mol. The van der Waals surface area contributed by atoms with Crippen molar-refractivity contribution in [3.8, 4) is 6.07 Å². The van der Waals surface area contributed by atoms with Crippen LogP contribution in [-0.4, -0.2) is 18.3 Å². The fraction of sp³-hybridized carbons (Fsp3) is 0.538. The van der Waals surface area contributed by atoms with Crippen LogP contribution in [0.15, 0.2) is 0 Å². The average molecular weight is 232 g/mol. The fourth-order valence-electron chi connectivity index (χ4n) is 2.51. The van der Waals surface area contributed by atoms with Gasteiger partial charge in [0.1, 0.15) is 23.9 Å². The second kappa shape index (κ2) is 5.15. The molecule has 0 bridgehead atoms. The van der Waals surface area contributed by atoms with E-state index in [4.69, 9.17) is 5.11 Å². The number of nitrogens with zero attached hydrogens (tertiary/aromatic N) is 1. The summed E-state index contributed by atoms with van der Waals surface area (Å²) in [7, 11) is 0.